The van der Waals surface area contributed by atoms with E-state index in [2.05, 4.69) is 4.74 Å². The highest BCUT2D eigenvalue weighted by molar-refractivity contribution is 8.26. The maximum absolute atomic E-state index is 12.6. The number of ether oxygens (including phenoxy) is 3. The van der Waals surface area contributed by atoms with Crippen LogP contribution in [0, 0.1) is 6.92 Å². The molecule has 1 amide bonds. The van der Waals surface area contributed by atoms with Crippen molar-refractivity contribution in [3.05, 3.63) is 64.1 Å². The van der Waals surface area contributed by atoms with Crippen LogP contribution < -0.4 is 9.47 Å². The molecule has 30 heavy (non-hydrogen) atoms. The van der Waals surface area contributed by atoms with Gasteiger partial charge in [-0.25, -0.2) is 0 Å². The Morgan fingerprint density at radius 2 is 1.93 bits per heavy atom. The number of amides is 1. The van der Waals surface area contributed by atoms with Gasteiger partial charge in [0.25, 0.3) is 5.91 Å². The van der Waals surface area contributed by atoms with Crippen molar-refractivity contribution in [1.82, 2.24) is 4.90 Å². The average Bonchev–Trinajstić information content (AvgIpc) is 3.00. The highest BCUT2D eigenvalue weighted by atomic mass is 32.2. The third-order valence-electron chi connectivity index (χ3n) is 4.52. The first-order valence-corrected chi connectivity index (χ1v) is 10.3. The van der Waals surface area contributed by atoms with Crippen LogP contribution in [0.3, 0.4) is 0 Å². The second-order valence-corrected chi connectivity index (χ2v) is 8.15. The van der Waals surface area contributed by atoms with Gasteiger partial charge in [-0.05, 0) is 41.8 Å². The fourth-order valence-electron chi connectivity index (χ4n) is 2.80. The van der Waals surface area contributed by atoms with Crippen molar-refractivity contribution in [3.8, 4) is 11.5 Å². The molecular weight excluding hydrogens is 422 g/mol. The molecule has 0 aromatic heterocycles. The number of hydrogen-bond donors (Lipinski definition) is 0. The fraction of sp³-hybridized carbons (Fsp3) is 0.227. The summed E-state index contributed by atoms with van der Waals surface area (Å²) in [6.45, 7) is 2.26. The van der Waals surface area contributed by atoms with Gasteiger partial charge in [0.05, 0.1) is 19.1 Å². The van der Waals surface area contributed by atoms with E-state index in [1.54, 1.807) is 25.3 Å². The Kier molecular flexibility index (Phi) is 7.12. The molecular formula is C22H21NO5S2. The smallest absolute Gasteiger partial charge is 0.325 e. The van der Waals surface area contributed by atoms with Crippen molar-refractivity contribution >= 4 is 46.3 Å². The molecule has 6 nitrogen and oxygen atoms in total. The molecule has 1 saturated heterocycles. The van der Waals surface area contributed by atoms with Crippen molar-refractivity contribution < 1.29 is 23.8 Å². The molecule has 1 fully saturated rings. The maximum atomic E-state index is 12.6. The number of thioether (sulfide) groups is 1. The molecule has 8 heteroatoms. The molecule has 0 radical (unpaired) electrons. The van der Waals surface area contributed by atoms with Crippen molar-refractivity contribution in [3.63, 3.8) is 0 Å². The minimum atomic E-state index is -0.524. The second-order valence-electron chi connectivity index (χ2n) is 6.47. The number of benzene rings is 2. The number of hydrogen-bond acceptors (Lipinski definition) is 7. The first kappa shape index (κ1) is 21.9. The van der Waals surface area contributed by atoms with Crippen LogP contribution in [-0.4, -0.2) is 41.9 Å². The Morgan fingerprint density at radius 3 is 2.63 bits per heavy atom. The van der Waals surface area contributed by atoms with E-state index < -0.39 is 5.97 Å². The average molecular weight is 444 g/mol. The van der Waals surface area contributed by atoms with Crippen molar-refractivity contribution in [2.24, 2.45) is 0 Å². The fourth-order valence-corrected chi connectivity index (χ4v) is 4.06. The summed E-state index contributed by atoms with van der Waals surface area (Å²) in [5, 5.41) is 0. The van der Waals surface area contributed by atoms with Crippen LogP contribution in [0.4, 0.5) is 0 Å². The highest BCUT2D eigenvalue weighted by Crippen LogP contribution is 2.35. The van der Waals surface area contributed by atoms with Gasteiger partial charge < -0.3 is 14.2 Å². The molecule has 0 atom stereocenters. The molecule has 0 unspecified atom stereocenters. The lowest BCUT2D eigenvalue weighted by Crippen LogP contribution is -2.33. The van der Waals surface area contributed by atoms with Crippen LogP contribution >= 0.6 is 24.0 Å². The maximum Gasteiger partial charge on any atom is 0.325 e. The molecule has 3 rings (SSSR count). The molecule has 2 aromatic rings. The van der Waals surface area contributed by atoms with Crippen molar-refractivity contribution in [2.75, 3.05) is 20.8 Å². The van der Waals surface area contributed by atoms with Crippen molar-refractivity contribution in [1.29, 1.82) is 0 Å². The standard InChI is InChI=1S/C22H21NO5S2/c1-14-6-4-5-7-16(14)13-28-17-9-8-15(10-18(17)26-2)11-19-21(25)23(22(29)30-19)12-20(24)27-3/h4-11H,12-13H2,1-3H3/b19-11-. The number of rotatable bonds is 7. The number of nitrogens with zero attached hydrogens (tertiary/aromatic N) is 1. The van der Waals surface area contributed by atoms with Gasteiger partial charge in [0, 0.05) is 0 Å². The normalized spacial score (nSPS) is 14.9. The number of esters is 1. The molecule has 1 aliphatic rings. The Hall–Kier alpha value is -2.84. The quantitative estimate of drug-likeness (QED) is 0.365. The molecule has 0 spiro atoms. The molecule has 0 N–H and O–H groups in total. The summed E-state index contributed by atoms with van der Waals surface area (Å²) < 4.78 is 16.3. The third-order valence-corrected chi connectivity index (χ3v) is 5.90. The van der Waals surface area contributed by atoms with Crippen LogP contribution in [0.1, 0.15) is 16.7 Å². The minimum Gasteiger partial charge on any atom is -0.493 e. The SMILES string of the molecule is COC(=O)CN1C(=O)/C(=C/c2ccc(OCc3ccccc3C)c(OC)c2)SC1=S. The van der Waals surface area contributed by atoms with E-state index in [0.717, 1.165) is 28.5 Å². The zero-order chi connectivity index (χ0) is 21.7. The van der Waals surface area contributed by atoms with Crippen LogP contribution in [0.25, 0.3) is 6.08 Å². The van der Waals surface area contributed by atoms with E-state index in [0.29, 0.717) is 27.3 Å². The van der Waals surface area contributed by atoms with E-state index in [4.69, 9.17) is 21.7 Å². The monoisotopic (exact) mass is 443 g/mol. The number of carbonyl (C=O) groups is 2. The Labute approximate surface area is 184 Å². The molecule has 0 aliphatic carbocycles. The largest absolute Gasteiger partial charge is 0.493 e. The zero-order valence-corrected chi connectivity index (χ0v) is 18.5. The lowest BCUT2D eigenvalue weighted by Gasteiger charge is -2.13. The van der Waals surface area contributed by atoms with Gasteiger partial charge in [-0.3, -0.25) is 14.5 Å². The lowest BCUT2D eigenvalue weighted by atomic mass is 10.1. The van der Waals surface area contributed by atoms with Crippen LogP contribution in [-0.2, 0) is 20.9 Å². The number of thiocarbonyl (C=S) groups is 1. The Bertz CT molecular complexity index is 1020. The summed E-state index contributed by atoms with van der Waals surface area (Å²) in [6.07, 6.45) is 1.71. The predicted octanol–water partition coefficient (Wildman–Crippen LogP) is 3.96. The number of aryl methyl sites for hydroxylation is 1. The third kappa shape index (κ3) is 5.01. The molecule has 0 bridgehead atoms. The van der Waals surface area contributed by atoms with E-state index in [1.165, 1.54) is 12.0 Å². The number of methoxy groups -OCH3 is 2. The summed E-state index contributed by atoms with van der Waals surface area (Å²) in [6, 6.07) is 13.5. The molecule has 2 aromatic carbocycles. The van der Waals surface area contributed by atoms with Gasteiger partial charge in [-0.2, -0.15) is 0 Å². The molecule has 0 saturated carbocycles. The highest BCUT2D eigenvalue weighted by Gasteiger charge is 2.33. The van der Waals surface area contributed by atoms with Gasteiger partial charge in [0.2, 0.25) is 0 Å². The Balaban J connectivity index is 1.76. The zero-order valence-electron chi connectivity index (χ0n) is 16.8. The second kappa shape index (κ2) is 9.77. The van der Waals surface area contributed by atoms with Gasteiger partial charge >= 0.3 is 5.97 Å². The lowest BCUT2D eigenvalue weighted by molar-refractivity contribution is -0.143. The van der Waals surface area contributed by atoms with Gasteiger partial charge in [-0.15, -0.1) is 0 Å². The van der Waals surface area contributed by atoms with E-state index in [-0.39, 0.29) is 12.5 Å². The predicted molar refractivity (Wildman–Crippen MR) is 120 cm³/mol. The summed E-state index contributed by atoms with van der Waals surface area (Å²) in [4.78, 5) is 25.7. The molecule has 1 heterocycles. The summed E-state index contributed by atoms with van der Waals surface area (Å²) in [7, 11) is 2.83. The summed E-state index contributed by atoms with van der Waals surface area (Å²) in [5.41, 5.74) is 3.01. The van der Waals surface area contributed by atoms with Crippen LogP contribution in [0.5, 0.6) is 11.5 Å². The first-order chi connectivity index (χ1) is 14.4. The Morgan fingerprint density at radius 1 is 1.17 bits per heavy atom. The minimum absolute atomic E-state index is 0.201. The van der Waals surface area contributed by atoms with Gasteiger partial charge in [0.15, 0.2) is 11.5 Å². The van der Waals surface area contributed by atoms with Gasteiger partial charge in [0.1, 0.15) is 17.5 Å². The van der Waals surface area contributed by atoms with Crippen LogP contribution in [0.2, 0.25) is 0 Å². The van der Waals surface area contributed by atoms with E-state index in [9.17, 15) is 9.59 Å². The summed E-state index contributed by atoms with van der Waals surface area (Å²) in [5.74, 6) is 0.317. The van der Waals surface area contributed by atoms with Gasteiger partial charge in [-0.1, -0.05) is 54.3 Å². The van der Waals surface area contributed by atoms with Crippen molar-refractivity contribution in [2.45, 2.75) is 13.5 Å². The molecule has 156 valence electrons. The first-order valence-electron chi connectivity index (χ1n) is 9.10. The van der Waals surface area contributed by atoms with Crippen LogP contribution in [0.15, 0.2) is 47.4 Å². The number of carbonyl (C=O) groups excluding carboxylic acids is 2. The van der Waals surface area contributed by atoms with E-state index >= 15 is 0 Å². The van der Waals surface area contributed by atoms with E-state index in [1.807, 2.05) is 37.3 Å². The molecule has 1 aliphatic heterocycles. The topological polar surface area (TPSA) is 65.1 Å². The summed E-state index contributed by atoms with van der Waals surface area (Å²) >= 11 is 6.36.